The Morgan fingerprint density at radius 1 is 1.11 bits per heavy atom. The van der Waals surface area contributed by atoms with E-state index in [0.717, 1.165) is 34.6 Å². The summed E-state index contributed by atoms with van der Waals surface area (Å²) in [5, 5.41) is 0. The number of benzene rings is 2. The van der Waals surface area contributed by atoms with E-state index in [-0.39, 0.29) is 5.92 Å². The Labute approximate surface area is 162 Å². The molecule has 27 heavy (non-hydrogen) atoms. The van der Waals surface area contributed by atoms with Crippen LogP contribution in [0.25, 0.3) is 0 Å². The third-order valence-electron chi connectivity index (χ3n) is 5.10. The summed E-state index contributed by atoms with van der Waals surface area (Å²) in [6.45, 7) is 7.29. The van der Waals surface area contributed by atoms with Crippen LogP contribution in [0, 0.1) is 13.8 Å². The molecule has 6 heteroatoms. The fraction of sp³-hybridized carbons (Fsp3) is 0.429. The second-order valence-electron chi connectivity index (χ2n) is 6.94. The quantitative estimate of drug-likeness (QED) is 0.752. The van der Waals surface area contributed by atoms with E-state index >= 15 is 0 Å². The highest BCUT2D eigenvalue weighted by Gasteiger charge is 2.33. The number of sulfonamides is 1. The van der Waals surface area contributed by atoms with Crippen molar-refractivity contribution >= 4 is 10.0 Å². The number of aryl methyl sites for hydroxylation is 2. The van der Waals surface area contributed by atoms with E-state index in [1.54, 1.807) is 23.5 Å². The van der Waals surface area contributed by atoms with Crippen LogP contribution in [0.2, 0.25) is 0 Å². The van der Waals surface area contributed by atoms with Gasteiger partial charge in [0, 0.05) is 13.1 Å². The summed E-state index contributed by atoms with van der Waals surface area (Å²) in [6.07, 6.45) is 0.820. The van der Waals surface area contributed by atoms with E-state index in [2.05, 4.69) is 0 Å². The van der Waals surface area contributed by atoms with Gasteiger partial charge < -0.3 is 9.47 Å². The van der Waals surface area contributed by atoms with E-state index in [1.165, 1.54) is 0 Å². The molecule has 1 unspecified atom stereocenters. The van der Waals surface area contributed by atoms with Crippen molar-refractivity contribution in [3.63, 3.8) is 0 Å². The third-order valence-corrected chi connectivity index (χ3v) is 6.94. The zero-order valence-electron chi connectivity index (χ0n) is 16.4. The largest absolute Gasteiger partial charge is 0.497 e. The molecule has 1 heterocycles. The molecule has 0 N–H and O–H groups in total. The first-order valence-electron chi connectivity index (χ1n) is 9.25. The second kappa shape index (κ2) is 7.90. The van der Waals surface area contributed by atoms with Gasteiger partial charge in [-0.05, 0) is 74.1 Å². The summed E-state index contributed by atoms with van der Waals surface area (Å²) in [5.41, 5.74) is 2.84. The first-order chi connectivity index (χ1) is 12.9. The lowest BCUT2D eigenvalue weighted by Gasteiger charge is -2.19. The Balaban J connectivity index is 1.81. The molecule has 0 aliphatic carbocycles. The standard InChI is InChI=1S/C21H27NO4S/c1-5-26-21-15(2)12-20(13-16(21)3)27(23,24)22-11-10-18(14-22)17-6-8-19(25-4)9-7-17/h6-9,12-13,18H,5,10-11,14H2,1-4H3. The van der Waals surface area contributed by atoms with Gasteiger partial charge in [0.25, 0.3) is 0 Å². The monoisotopic (exact) mass is 389 g/mol. The van der Waals surface area contributed by atoms with Crippen LogP contribution in [0.3, 0.4) is 0 Å². The number of nitrogens with zero attached hydrogens (tertiary/aromatic N) is 1. The molecule has 1 atom stereocenters. The summed E-state index contributed by atoms with van der Waals surface area (Å²) >= 11 is 0. The van der Waals surface area contributed by atoms with E-state index in [9.17, 15) is 8.42 Å². The van der Waals surface area contributed by atoms with Gasteiger partial charge in [-0.25, -0.2) is 8.42 Å². The number of methoxy groups -OCH3 is 1. The maximum Gasteiger partial charge on any atom is 0.243 e. The fourth-order valence-electron chi connectivity index (χ4n) is 3.68. The van der Waals surface area contributed by atoms with Crippen molar-refractivity contribution in [2.24, 2.45) is 0 Å². The molecule has 2 aromatic carbocycles. The first-order valence-corrected chi connectivity index (χ1v) is 10.7. The summed E-state index contributed by atoms with van der Waals surface area (Å²) in [7, 11) is -1.88. The molecule has 146 valence electrons. The second-order valence-corrected chi connectivity index (χ2v) is 8.88. The molecule has 1 aliphatic heterocycles. The molecule has 5 nitrogen and oxygen atoms in total. The number of hydrogen-bond donors (Lipinski definition) is 0. The predicted octanol–water partition coefficient (Wildman–Crippen LogP) is 3.89. The average molecular weight is 390 g/mol. The van der Waals surface area contributed by atoms with Crippen LogP contribution in [0.5, 0.6) is 11.5 Å². The molecular formula is C21H27NO4S. The molecule has 0 radical (unpaired) electrons. The smallest absolute Gasteiger partial charge is 0.243 e. The van der Waals surface area contributed by atoms with Gasteiger partial charge in [0.15, 0.2) is 0 Å². The van der Waals surface area contributed by atoms with E-state index in [1.807, 2.05) is 45.0 Å². The lowest BCUT2D eigenvalue weighted by molar-refractivity contribution is 0.335. The zero-order valence-corrected chi connectivity index (χ0v) is 17.2. The van der Waals surface area contributed by atoms with Gasteiger partial charge in [-0.15, -0.1) is 0 Å². The van der Waals surface area contributed by atoms with Crippen LogP contribution < -0.4 is 9.47 Å². The highest BCUT2D eigenvalue weighted by Crippen LogP contribution is 2.34. The van der Waals surface area contributed by atoms with E-state index < -0.39 is 10.0 Å². The third kappa shape index (κ3) is 3.96. The van der Waals surface area contributed by atoms with Crippen LogP contribution in [-0.2, 0) is 10.0 Å². The number of hydrogen-bond acceptors (Lipinski definition) is 4. The molecular weight excluding hydrogens is 362 g/mol. The van der Waals surface area contributed by atoms with Crippen LogP contribution >= 0.6 is 0 Å². The van der Waals surface area contributed by atoms with Gasteiger partial charge in [0.1, 0.15) is 11.5 Å². The molecule has 1 aliphatic rings. The minimum absolute atomic E-state index is 0.204. The average Bonchev–Trinajstić information content (AvgIpc) is 3.15. The van der Waals surface area contributed by atoms with Gasteiger partial charge in [-0.2, -0.15) is 4.31 Å². The van der Waals surface area contributed by atoms with Gasteiger partial charge in [-0.1, -0.05) is 12.1 Å². The Bertz CT molecular complexity index is 883. The number of rotatable bonds is 6. The predicted molar refractivity (Wildman–Crippen MR) is 106 cm³/mol. The van der Waals surface area contributed by atoms with Crippen LogP contribution in [0.15, 0.2) is 41.3 Å². The van der Waals surface area contributed by atoms with Crippen molar-refractivity contribution in [1.29, 1.82) is 0 Å². The highest BCUT2D eigenvalue weighted by atomic mass is 32.2. The van der Waals surface area contributed by atoms with Gasteiger partial charge in [-0.3, -0.25) is 0 Å². The van der Waals surface area contributed by atoms with Crippen molar-refractivity contribution in [1.82, 2.24) is 4.31 Å². The number of ether oxygens (including phenoxy) is 2. The minimum atomic E-state index is -3.52. The summed E-state index contributed by atoms with van der Waals surface area (Å²) in [6, 6.07) is 11.3. The molecule has 0 spiro atoms. The summed E-state index contributed by atoms with van der Waals surface area (Å²) < 4.78 is 38.7. The van der Waals surface area contributed by atoms with Crippen LogP contribution in [0.4, 0.5) is 0 Å². The van der Waals surface area contributed by atoms with E-state index in [4.69, 9.17) is 9.47 Å². The lowest BCUT2D eigenvalue weighted by Crippen LogP contribution is -2.28. The molecule has 0 aromatic heterocycles. The van der Waals surface area contributed by atoms with Gasteiger partial charge >= 0.3 is 0 Å². The Morgan fingerprint density at radius 2 is 1.74 bits per heavy atom. The topological polar surface area (TPSA) is 55.8 Å². The van der Waals surface area contributed by atoms with E-state index in [0.29, 0.717) is 24.6 Å². The van der Waals surface area contributed by atoms with Crippen molar-refractivity contribution in [3.05, 3.63) is 53.1 Å². The van der Waals surface area contributed by atoms with Crippen molar-refractivity contribution in [2.45, 2.75) is 38.0 Å². The van der Waals surface area contributed by atoms with Gasteiger partial charge in [0.05, 0.1) is 18.6 Å². The van der Waals surface area contributed by atoms with Crippen LogP contribution in [-0.4, -0.2) is 39.5 Å². The SMILES string of the molecule is CCOc1c(C)cc(S(=O)(=O)N2CCC(c3ccc(OC)cc3)C2)cc1C. The fourth-order valence-corrected chi connectivity index (χ4v) is 5.35. The highest BCUT2D eigenvalue weighted by molar-refractivity contribution is 7.89. The molecule has 1 fully saturated rings. The summed E-state index contributed by atoms with van der Waals surface area (Å²) in [4.78, 5) is 0.344. The molecule has 2 aromatic rings. The van der Waals surface area contributed by atoms with Crippen molar-refractivity contribution < 1.29 is 17.9 Å². The molecule has 3 rings (SSSR count). The minimum Gasteiger partial charge on any atom is -0.497 e. The maximum atomic E-state index is 13.2. The van der Waals surface area contributed by atoms with Crippen molar-refractivity contribution in [2.75, 3.05) is 26.8 Å². The normalized spacial score (nSPS) is 17.9. The first kappa shape index (κ1) is 19.7. The summed E-state index contributed by atoms with van der Waals surface area (Å²) in [5.74, 6) is 1.78. The Morgan fingerprint density at radius 3 is 2.30 bits per heavy atom. The Hall–Kier alpha value is -2.05. The molecule has 1 saturated heterocycles. The lowest BCUT2D eigenvalue weighted by atomic mass is 9.99. The van der Waals surface area contributed by atoms with Gasteiger partial charge in [0.2, 0.25) is 10.0 Å². The van der Waals surface area contributed by atoms with Crippen LogP contribution in [0.1, 0.15) is 36.0 Å². The van der Waals surface area contributed by atoms with Crippen molar-refractivity contribution in [3.8, 4) is 11.5 Å². The maximum absolute atomic E-state index is 13.2. The molecule has 0 saturated carbocycles. The zero-order chi connectivity index (χ0) is 19.6. The molecule has 0 amide bonds. The molecule has 0 bridgehead atoms. The Kier molecular flexibility index (Phi) is 5.77.